The average Bonchev–Trinajstić information content (AvgIpc) is 2.27. The van der Waals surface area contributed by atoms with Crippen molar-refractivity contribution in [3.63, 3.8) is 0 Å². The van der Waals surface area contributed by atoms with Crippen LogP contribution in [0.25, 0.3) is 0 Å². The molecule has 0 spiro atoms. The van der Waals surface area contributed by atoms with Gasteiger partial charge >= 0.3 is 0 Å². The summed E-state index contributed by atoms with van der Waals surface area (Å²) in [5.41, 5.74) is 1.19. The van der Waals surface area contributed by atoms with Crippen LogP contribution in [-0.2, 0) is 4.74 Å². The number of aliphatic hydroxyl groups is 1. The Balaban J connectivity index is 2.22. The summed E-state index contributed by atoms with van der Waals surface area (Å²) in [5.74, 6) is -0.283. The van der Waals surface area contributed by atoms with Crippen LogP contribution in [0.1, 0.15) is 32.4 Å². The van der Waals surface area contributed by atoms with Crippen LogP contribution in [-0.4, -0.2) is 30.4 Å². The third kappa shape index (κ3) is 2.82. The molecule has 3 nitrogen and oxygen atoms in total. The van der Waals surface area contributed by atoms with Crippen LogP contribution in [0.15, 0.2) is 18.2 Å². The van der Waals surface area contributed by atoms with Gasteiger partial charge in [0, 0.05) is 13.1 Å². The van der Waals surface area contributed by atoms with Crippen molar-refractivity contribution in [2.45, 2.75) is 39.1 Å². The zero-order valence-electron chi connectivity index (χ0n) is 11.1. The highest BCUT2D eigenvalue weighted by molar-refractivity contribution is 5.50. The van der Waals surface area contributed by atoms with Gasteiger partial charge in [-0.25, -0.2) is 4.39 Å². The Kier molecular flexibility index (Phi) is 3.88. The molecule has 1 aromatic rings. The number of rotatable bonds is 2. The number of hydrogen-bond donors (Lipinski definition) is 1. The number of nitrogens with zero attached hydrogens (tertiary/aromatic N) is 1. The first kappa shape index (κ1) is 13.3. The maximum Gasteiger partial charge on any atom is 0.146 e. The Labute approximate surface area is 107 Å². The molecule has 4 heteroatoms. The van der Waals surface area contributed by atoms with E-state index in [9.17, 15) is 9.50 Å². The molecule has 1 heterocycles. The van der Waals surface area contributed by atoms with Crippen molar-refractivity contribution in [2.75, 3.05) is 18.0 Å². The lowest BCUT2D eigenvalue weighted by atomic mass is 10.1. The van der Waals surface area contributed by atoms with E-state index in [2.05, 4.69) is 0 Å². The Bertz CT molecular complexity index is 412. The van der Waals surface area contributed by atoms with E-state index in [0.29, 0.717) is 24.3 Å². The predicted molar refractivity (Wildman–Crippen MR) is 69.3 cm³/mol. The summed E-state index contributed by atoms with van der Waals surface area (Å²) >= 11 is 0. The fraction of sp³-hybridized carbons (Fsp3) is 0.571. The number of ether oxygens (including phenoxy) is 1. The molecule has 0 aromatic heterocycles. The van der Waals surface area contributed by atoms with Gasteiger partial charge in [0.1, 0.15) is 5.82 Å². The predicted octanol–water partition coefficient (Wildman–Crippen LogP) is 2.49. The Morgan fingerprint density at radius 2 is 1.94 bits per heavy atom. The van der Waals surface area contributed by atoms with Crippen molar-refractivity contribution in [3.05, 3.63) is 29.6 Å². The molecule has 1 N–H and O–H groups in total. The SMILES string of the molecule is CC1CN(c2ccc(C(C)O)cc2F)CC(C)O1. The first-order chi connectivity index (χ1) is 8.47. The zero-order valence-corrected chi connectivity index (χ0v) is 11.1. The summed E-state index contributed by atoms with van der Waals surface area (Å²) in [5, 5.41) is 9.43. The van der Waals surface area contributed by atoms with E-state index in [1.165, 1.54) is 6.07 Å². The van der Waals surface area contributed by atoms with E-state index in [4.69, 9.17) is 4.74 Å². The zero-order chi connectivity index (χ0) is 13.3. The third-order valence-corrected chi connectivity index (χ3v) is 3.21. The van der Waals surface area contributed by atoms with Gasteiger partial charge in [0.25, 0.3) is 0 Å². The second kappa shape index (κ2) is 5.24. The lowest BCUT2D eigenvalue weighted by Gasteiger charge is -2.37. The Morgan fingerprint density at radius 1 is 1.33 bits per heavy atom. The van der Waals surface area contributed by atoms with Gasteiger partial charge in [-0.15, -0.1) is 0 Å². The highest BCUT2D eigenvalue weighted by atomic mass is 19.1. The third-order valence-electron chi connectivity index (χ3n) is 3.21. The quantitative estimate of drug-likeness (QED) is 0.879. The second-order valence-corrected chi connectivity index (χ2v) is 5.05. The molecule has 1 aromatic carbocycles. The van der Waals surface area contributed by atoms with E-state index in [0.717, 1.165) is 0 Å². The van der Waals surface area contributed by atoms with E-state index >= 15 is 0 Å². The molecule has 0 radical (unpaired) electrons. The first-order valence-corrected chi connectivity index (χ1v) is 6.35. The smallest absolute Gasteiger partial charge is 0.146 e. The molecule has 1 aliphatic heterocycles. The van der Waals surface area contributed by atoms with E-state index < -0.39 is 6.10 Å². The highest BCUT2D eigenvalue weighted by Crippen LogP contribution is 2.26. The summed E-state index contributed by atoms with van der Waals surface area (Å²) in [4.78, 5) is 2.00. The van der Waals surface area contributed by atoms with Crippen molar-refractivity contribution in [1.29, 1.82) is 0 Å². The molecule has 0 aliphatic carbocycles. The largest absolute Gasteiger partial charge is 0.389 e. The van der Waals surface area contributed by atoms with Crippen LogP contribution in [0.2, 0.25) is 0 Å². The molecular weight excluding hydrogens is 233 g/mol. The van der Waals surface area contributed by atoms with E-state index in [-0.39, 0.29) is 18.0 Å². The number of anilines is 1. The van der Waals surface area contributed by atoms with Gasteiger partial charge in [-0.3, -0.25) is 0 Å². The molecular formula is C14H20FNO2. The van der Waals surface area contributed by atoms with Crippen LogP contribution in [0.4, 0.5) is 10.1 Å². The number of benzene rings is 1. The summed E-state index contributed by atoms with van der Waals surface area (Å²) in [6, 6.07) is 4.92. The summed E-state index contributed by atoms with van der Waals surface area (Å²) < 4.78 is 19.7. The van der Waals surface area contributed by atoms with Gasteiger partial charge in [0.2, 0.25) is 0 Å². The van der Waals surface area contributed by atoms with Gasteiger partial charge in [-0.2, -0.15) is 0 Å². The minimum Gasteiger partial charge on any atom is -0.389 e. The first-order valence-electron chi connectivity index (χ1n) is 6.35. The number of hydrogen-bond acceptors (Lipinski definition) is 3. The lowest BCUT2D eigenvalue weighted by Crippen LogP contribution is -2.45. The van der Waals surface area contributed by atoms with Crippen molar-refractivity contribution < 1.29 is 14.2 Å². The molecule has 100 valence electrons. The lowest BCUT2D eigenvalue weighted by molar-refractivity contribution is -0.00539. The molecule has 2 rings (SSSR count). The normalized spacial score (nSPS) is 26.2. The monoisotopic (exact) mass is 253 g/mol. The summed E-state index contributed by atoms with van der Waals surface area (Å²) in [6.45, 7) is 6.99. The standard InChI is InChI=1S/C14H20FNO2/c1-9-7-16(8-10(2)18-9)14-5-4-12(11(3)17)6-13(14)15/h4-6,9-11,17H,7-8H2,1-3H3. The average molecular weight is 253 g/mol. The molecule has 18 heavy (non-hydrogen) atoms. The van der Waals surface area contributed by atoms with Crippen LogP contribution in [0.5, 0.6) is 0 Å². The molecule has 3 unspecified atom stereocenters. The number of aliphatic hydroxyl groups excluding tert-OH is 1. The van der Waals surface area contributed by atoms with Crippen molar-refractivity contribution in [2.24, 2.45) is 0 Å². The van der Waals surface area contributed by atoms with Gasteiger partial charge in [-0.1, -0.05) is 6.07 Å². The highest BCUT2D eigenvalue weighted by Gasteiger charge is 2.24. The van der Waals surface area contributed by atoms with Crippen LogP contribution in [0.3, 0.4) is 0 Å². The maximum atomic E-state index is 14.1. The Morgan fingerprint density at radius 3 is 2.44 bits per heavy atom. The van der Waals surface area contributed by atoms with Gasteiger partial charge < -0.3 is 14.7 Å². The van der Waals surface area contributed by atoms with Gasteiger partial charge in [-0.05, 0) is 38.5 Å². The van der Waals surface area contributed by atoms with Crippen LogP contribution < -0.4 is 4.90 Å². The second-order valence-electron chi connectivity index (χ2n) is 5.05. The molecule has 3 atom stereocenters. The molecule has 0 bridgehead atoms. The minimum atomic E-state index is -0.643. The minimum absolute atomic E-state index is 0.101. The number of halogens is 1. The molecule has 1 saturated heterocycles. The fourth-order valence-electron chi connectivity index (χ4n) is 2.41. The van der Waals surface area contributed by atoms with Crippen LogP contribution in [0, 0.1) is 5.82 Å². The van der Waals surface area contributed by atoms with Crippen LogP contribution >= 0.6 is 0 Å². The van der Waals surface area contributed by atoms with Crippen molar-refractivity contribution in [3.8, 4) is 0 Å². The van der Waals surface area contributed by atoms with Crippen molar-refractivity contribution in [1.82, 2.24) is 0 Å². The summed E-state index contributed by atoms with van der Waals surface area (Å²) in [7, 11) is 0. The van der Waals surface area contributed by atoms with E-state index in [1.54, 1.807) is 19.1 Å². The summed E-state index contributed by atoms with van der Waals surface area (Å²) in [6.07, 6.45) is -0.440. The van der Waals surface area contributed by atoms with E-state index in [1.807, 2.05) is 18.7 Å². The molecule has 0 saturated carbocycles. The van der Waals surface area contributed by atoms with Gasteiger partial charge in [0.15, 0.2) is 0 Å². The molecule has 1 fully saturated rings. The fourth-order valence-corrected chi connectivity index (χ4v) is 2.41. The van der Waals surface area contributed by atoms with Crippen molar-refractivity contribution >= 4 is 5.69 Å². The topological polar surface area (TPSA) is 32.7 Å². The Hall–Kier alpha value is -1.13. The molecule has 0 amide bonds. The maximum absolute atomic E-state index is 14.1. The number of morpholine rings is 1. The van der Waals surface area contributed by atoms with Gasteiger partial charge in [0.05, 0.1) is 24.0 Å². The molecule has 1 aliphatic rings.